The molecule has 2 heterocycles. The van der Waals surface area contributed by atoms with Crippen molar-refractivity contribution < 1.29 is 23.4 Å². The van der Waals surface area contributed by atoms with Gasteiger partial charge in [0.1, 0.15) is 5.75 Å². The Morgan fingerprint density at radius 1 is 1.14 bits per heavy atom. The second kappa shape index (κ2) is 8.10. The van der Waals surface area contributed by atoms with E-state index in [2.05, 4.69) is 10.3 Å². The van der Waals surface area contributed by atoms with E-state index in [0.29, 0.717) is 40.4 Å². The number of phenolic OH excluding ortho intramolecular Hbond substituents is 1. The largest absolute Gasteiger partial charge is 0.507 e. The van der Waals surface area contributed by atoms with Crippen molar-refractivity contribution in [2.24, 2.45) is 5.73 Å². The first-order chi connectivity index (χ1) is 13.3. The number of halogens is 3. The molecular weight excluding hydrogens is 371 g/mol. The second-order valence-electron chi connectivity index (χ2n) is 6.81. The van der Waals surface area contributed by atoms with Crippen LogP contribution in [0.15, 0.2) is 36.7 Å². The minimum absolute atomic E-state index is 0.0648. The molecule has 2 aromatic rings. The van der Waals surface area contributed by atoms with Crippen LogP contribution in [0.2, 0.25) is 0 Å². The van der Waals surface area contributed by atoms with Crippen LogP contribution in [-0.4, -0.2) is 27.8 Å². The molecule has 1 aliphatic carbocycles. The topological polar surface area (TPSA) is 91.4 Å². The predicted molar refractivity (Wildman–Crippen MR) is 99.2 cm³/mol. The number of rotatable bonds is 1. The number of nitrogens with zero attached hydrogens (tertiary/aromatic N) is 1. The molecular formula is C20H22F3N3O2. The van der Waals surface area contributed by atoms with E-state index < -0.39 is 17.5 Å². The average Bonchev–Trinajstić information content (AvgIpc) is 2.79. The number of phenols is 1. The van der Waals surface area contributed by atoms with Crippen molar-refractivity contribution in [3.63, 3.8) is 0 Å². The van der Waals surface area contributed by atoms with Gasteiger partial charge < -0.3 is 21.3 Å². The summed E-state index contributed by atoms with van der Waals surface area (Å²) in [6, 6.07) is 4.64. The monoisotopic (exact) mass is 393 g/mol. The van der Waals surface area contributed by atoms with E-state index >= 15 is 0 Å². The molecule has 150 valence electrons. The lowest BCUT2D eigenvalue weighted by Crippen LogP contribution is -2.33. The number of aliphatic hydroxyl groups excluding tert-OH is 1. The summed E-state index contributed by atoms with van der Waals surface area (Å²) in [7, 11) is 0. The number of fused-ring (bicyclic) bond motifs is 1. The van der Waals surface area contributed by atoms with Gasteiger partial charge >= 0.3 is 6.18 Å². The highest BCUT2D eigenvalue weighted by Gasteiger charge is 2.31. The SMILES string of the molecule is NC1=c2cnccc2=C(c2ccc(C(F)(F)F)cc2O)NCC1.OC1CCC1. The van der Waals surface area contributed by atoms with E-state index in [0.717, 1.165) is 25.0 Å². The molecule has 1 saturated carbocycles. The van der Waals surface area contributed by atoms with Crippen LogP contribution in [0.4, 0.5) is 13.2 Å². The average molecular weight is 393 g/mol. The maximum absolute atomic E-state index is 12.7. The fraction of sp³-hybridized carbons (Fsp3) is 0.350. The van der Waals surface area contributed by atoms with Crippen LogP contribution >= 0.6 is 0 Å². The summed E-state index contributed by atoms with van der Waals surface area (Å²) in [5, 5.41) is 23.1. The van der Waals surface area contributed by atoms with Crippen LogP contribution in [0, 0.1) is 0 Å². The summed E-state index contributed by atoms with van der Waals surface area (Å²) >= 11 is 0. The molecule has 5 N–H and O–H groups in total. The quantitative estimate of drug-likeness (QED) is 0.590. The summed E-state index contributed by atoms with van der Waals surface area (Å²) in [5.41, 5.74) is 6.59. The number of benzene rings is 1. The number of aliphatic hydroxyl groups is 1. The second-order valence-corrected chi connectivity index (χ2v) is 6.81. The highest BCUT2D eigenvalue weighted by molar-refractivity contribution is 5.70. The number of hydrogen-bond donors (Lipinski definition) is 4. The molecule has 1 aromatic heterocycles. The third-order valence-electron chi connectivity index (χ3n) is 4.80. The first-order valence-corrected chi connectivity index (χ1v) is 9.03. The molecule has 1 aromatic carbocycles. The maximum Gasteiger partial charge on any atom is 0.416 e. The van der Waals surface area contributed by atoms with Crippen molar-refractivity contribution in [2.45, 2.75) is 38.0 Å². The first kappa shape index (κ1) is 20.0. The number of hydrogen-bond acceptors (Lipinski definition) is 5. The minimum atomic E-state index is -4.50. The van der Waals surface area contributed by atoms with Gasteiger partial charge in [-0.25, -0.2) is 0 Å². The van der Waals surface area contributed by atoms with Gasteiger partial charge in [0.25, 0.3) is 0 Å². The Bertz CT molecular complexity index is 969. The molecule has 0 radical (unpaired) electrons. The lowest BCUT2D eigenvalue weighted by Gasteiger charge is -2.17. The van der Waals surface area contributed by atoms with Gasteiger partial charge in [-0.2, -0.15) is 13.2 Å². The molecule has 0 unspecified atom stereocenters. The molecule has 0 amide bonds. The third kappa shape index (κ3) is 4.39. The number of pyridine rings is 1. The van der Waals surface area contributed by atoms with E-state index in [1.807, 2.05) is 0 Å². The van der Waals surface area contributed by atoms with Crippen LogP contribution in [0.1, 0.15) is 36.8 Å². The fourth-order valence-corrected chi connectivity index (χ4v) is 2.97. The van der Waals surface area contributed by atoms with Crippen molar-refractivity contribution >= 4 is 11.4 Å². The van der Waals surface area contributed by atoms with Gasteiger partial charge in [0.05, 0.1) is 17.4 Å². The Kier molecular flexibility index (Phi) is 5.79. The van der Waals surface area contributed by atoms with Gasteiger partial charge in [0.2, 0.25) is 0 Å². The standard InChI is InChI=1S/C16H14F3N3O.C4H8O/c17-16(18,19)9-1-2-11(14(23)7-9)15-10-3-5-21-8-12(10)13(20)4-6-22-15;5-4-2-1-3-4/h1-3,5,7-8,22-23H,4,6,20H2;4-5H,1-3H2. The summed E-state index contributed by atoms with van der Waals surface area (Å²) in [6.45, 7) is 0.510. The van der Waals surface area contributed by atoms with Crippen LogP contribution < -0.4 is 21.5 Å². The Labute approximate surface area is 160 Å². The Morgan fingerprint density at radius 2 is 1.86 bits per heavy atom. The fourth-order valence-electron chi connectivity index (χ4n) is 2.97. The Morgan fingerprint density at radius 3 is 2.43 bits per heavy atom. The van der Waals surface area contributed by atoms with E-state index in [4.69, 9.17) is 10.8 Å². The zero-order valence-corrected chi connectivity index (χ0v) is 15.1. The molecule has 0 saturated heterocycles. The first-order valence-electron chi connectivity index (χ1n) is 9.03. The van der Waals surface area contributed by atoms with Crippen molar-refractivity contribution in [2.75, 3.05) is 6.54 Å². The molecule has 28 heavy (non-hydrogen) atoms. The van der Waals surface area contributed by atoms with Crippen LogP contribution in [0.3, 0.4) is 0 Å². The van der Waals surface area contributed by atoms with Gasteiger partial charge in [-0.05, 0) is 43.5 Å². The summed E-state index contributed by atoms with van der Waals surface area (Å²) in [6.07, 6.45) is 2.64. The number of nitrogens with two attached hydrogens (primary N) is 1. The van der Waals surface area contributed by atoms with Crippen LogP contribution in [-0.2, 0) is 6.18 Å². The molecule has 1 fully saturated rings. The molecule has 8 heteroatoms. The van der Waals surface area contributed by atoms with Crippen LogP contribution in [0.25, 0.3) is 11.4 Å². The summed E-state index contributed by atoms with van der Waals surface area (Å²) in [4.78, 5) is 4.03. The number of aromatic hydroxyl groups is 1. The maximum atomic E-state index is 12.7. The minimum Gasteiger partial charge on any atom is -0.507 e. The molecule has 0 bridgehead atoms. The highest BCUT2D eigenvalue weighted by Crippen LogP contribution is 2.33. The highest BCUT2D eigenvalue weighted by atomic mass is 19.4. The zero-order chi connectivity index (χ0) is 20.3. The number of aromatic nitrogens is 1. The Hall–Kier alpha value is -2.74. The van der Waals surface area contributed by atoms with Crippen molar-refractivity contribution in [1.29, 1.82) is 0 Å². The Balaban J connectivity index is 0.000000391. The number of nitrogens with one attached hydrogen (secondary N) is 1. The smallest absolute Gasteiger partial charge is 0.416 e. The zero-order valence-electron chi connectivity index (χ0n) is 15.1. The molecule has 4 rings (SSSR count). The number of alkyl halides is 3. The lowest BCUT2D eigenvalue weighted by atomic mass is 9.97. The molecule has 1 aliphatic heterocycles. The molecule has 0 spiro atoms. The van der Waals surface area contributed by atoms with E-state index in [1.165, 1.54) is 12.5 Å². The van der Waals surface area contributed by atoms with Gasteiger partial charge in [0.15, 0.2) is 0 Å². The third-order valence-corrected chi connectivity index (χ3v) is 4.80. The van der Waals surface area contributed by atoms with E-state index in [-0.39, 0.29) is 6.10 Å². The van der Waals surface area contributed by atoms with E-state index in [1.54, 1.807) is 18.5 Å². The predicted octanol–water partition coefficient (Wildman–Crippen LogP) is 1.55. The van der Waals surface area contributed by atoms with Crippen molar-refractivity contribution in [1.82, 2.24) is 10.3 Å². The molecule has 2 aliphatic rings. The van der Waals surface area contributed by atoms with Gasteiger partial charge in [0, 0.05) is 47.1 Å². The normalized spacial score (nSPS) is 16.9. The van der Waals surface area contributed by atoms with Crippen molar-refractivity contribution in [3.8, 4) is 5.75 Å². The van der Waals surface area contributed by atoms with Crippen molar-refractivity contribution in [3.05, 3.63) is 58.2 Å². The van der Waals surface area contributed by atoms with Gasteiger partial charge in [-0.15, -0.1) is 0 Å². The van der Waals surface area contributed by atoms with Crippen LogP contribution in [0.5, 0.6) is 5.75 Å². The summed E-state index contributed by atoms with van der Waals surface area (Å²) < 4.78 is 38.2. The van der Waals surface area contributed by atoms with E-state index in [9.17, 15) is 18.3 Å². The summed E-state index contributed by atoms with van der Waals surface area (Å²) in [5.74, 6) is -0.439. The van der Waals surface area contributed by atoms with Gasteiger partial charge in [-0.1, -0.05) is 0 Å². The lowest BCUT2D eigenvalue weighted by molar-refractivity contribution is -0.137. The molecule has 0 atom stereocenters. The molecule has 5 nitrogen and oxygen atoms in total. The van der Waals surface area contributed by atoms with Gasteiger partial charge in [-0.3, -0.25) is 4.98 Å².